The van der Waals surface area contributed by atoms with Crippen LogP contribution in [0.1, 0.15) is 38.7 Å². The Morgan fingerprint density at radius 1 is 1.35 bits per heavy atom. The molecule has 1 saturated carbocycles. The maximum atomic E-state index is 13.0. The zero-order chi connectivity index (χ0) is 18.8. The Hall–Kier alpha value is -1.66. The van der Waals surface area contributed by atoms with Crippen molar-refractivity contribution in [2.75, 3.05) is 0 Å². The predicted molar refractivity (Wildman–Crippen MR) is 106 cm³/mol. The molecule has 1 aromatic rings. The summed E-state index contributed by atoms with van der Waals surface area (Å²) in [5, 5.41) is 7.37. The minimum absolute atomic E-state index is 0.0522. The van der Waals surface area contributed by atoms with Crippen molar-refractivity contribution in [1.82, 2.24) is 15.5 Å². The van der Waals surface area contributed by atoms with E-state index in [0.717, 1.165) is 12.0 Å². The number of rotatable bonds is 4. The Balaban J connectivity index is 1.66. The third-order valence-corrected chi connectivity index (χ3v) is 5.63. The van der Waals surface area contributed by atoms with Gasteiger partial charge < -0.3 is 10.6 Å². The van der Waals surface area contributed by atoms with E-state index in [1.807, 2.05) is 38.1 Å². The zero-order valence-electron chi connectivity index (χ0n) is 15.0. The molecule has 1 aliphatic heterocycles. The minimum Gasteiger partial charge on any atom is -0.359 e. The molecule has 3 unspecified atom stereocenters. The Morgan fingerprint density at radius 2 is 2.04 bits per heavy atom. The summed E-state index contributed by atoms with van der Waals surface area (Å²) in [4.78, 5) is 26.9. The van der Waals surface area contributed by atoms with Gasteiger partial charge in [0, 0.05) is 23.0 Å². The van der Waals surface area contributed by atoms with Crippen LogP contribution in [0.25, 0.3) is 0 Å². The molecule has 0 spiro atoms. The van der Waals surface area contributed by atoms with E-state index < -0.39 is 0 Å². The second kappa shape index (κ2) is 7.92. The van der Waals surface area contributed by atoms with Crippen molar-refractivity contribution < 1.29 is 9.59 Å². The number of benzene rings is 1. The van der Waals surface area contributed by atoms with E-state index in [1.165, 1.54) is 0 Å². The molecule has 140 valence electrons. The van der Waals surface area contributed by atoms with Crippen LogP contribution in [0.2, 0.25) is 5.02 Å². The molecule has 1 aromatic carbocycles. The number of halogens is 1. The number of thiocarbonyl (C=S) groups is 1. The monoisotopic (exact) mass is 393 g/mol. The highest BCUT2D eigenvalue weighted by Gasteiger charge is 2.44. The summed E-state index contributed by atoms with van der Waals surface area (Å²) in [7, 11) is 0. The van der Waals surface area contributed by atoms with Crippen LogP contribution in [-0.4, -0.2) is 33.9 Å². The average molecular weight is 394 g/mol. The molecule has 3 rings (SSSR count). The van der Waals surface area contributed by atoms with Crippen molar-refractivity contribution >= 4 is 40.7 Å². The van der Waals surface area contributed by atoms with Gasteiger partial charge in [-0.2, -0.15) is 0 Å². The van der Waals surface area contributed by atoms with Gasteiger partial charge in [-0.15, -0.1) is 0 Å². The predicted octanol–water partition coefficient (Wildman–Crippen LogP) is 2.87. The normalized spacial score (nSPS) is 25.7. The smallest absolute Gasteiger partial charge is 0.234 e. The average Bonchev–Trinajstić information content (AvgIpc) is 2.59. The van der Waals surface area contributed by atoms with Crippen molar-refractivity contribution in [3.63, 3.8) is 0 Å². The maximum absolute atomic E-state index is 13.0. The molecule has 3 atom stereocenters. The molecule has 1 heterocycles. The lowest BCUT2D eigenvalue weighted by Gasteiger charge is -2.43. The second-order valence-corrected chi connectivity index (χ2v) is 8.21. The Morgan fingerprint density at radius 3 is 2.69 bits per heavy atom. The molecule has 0 aromatic heterocycles. The van der Waals surface area contributed by atoms with E-state index in [9.17, 15) is 9.59 Å². The first kappa shape index (κ1) is 19.1. The molecule has 0 radical (unpaired) electrons. The van der Waals surface area contributed by atoms with Gasteiger partial charge in [-0.05, 0) is 63.0 Å². The molecule has 2 fully saturated rings. The van der Waals surface area contributed by atoms with Gasteiger partial charge in [-0.1, -0.05) is 23.7 Å². The molecule has 2 amide bonds. The largest absolute Gasteiger partial charge is 0.359 e. The van der Waals surface area contributed by atoms with E-state index in [0.29, 0.717) is 29.5 Å². The van der Waals surface area contributed by atoms with Gasteiger partial charge in [0.15, 0.2) is 5.11 Å². The molecule has 7 heteroatoms. The van der Waals surface area contributed by atoms with Gasteiger partial charge >= 0.3 is 0 Å². The lowest BCUT2D eigenvalue weighted by Crippen LogP contribution is -2.61. The molecule has 5 nitrogen and oxygen atoms in total. The van der Waals surface area contributed by atoms with Crippen molar-refractivity contribution in [2.24, 2.45) is 11.8 Å². The second-order valence-electron chi connectivity index (χ2n) is 7.39. The number of carbonyl (C=O) groups excluding carboxylic acids is 2. The molecule has 2 N–H and O–H groups in total. The number of nitrogens with zero attached hydrogens (tertiary/aromatic N) is 1. The molecule has 2 aliphatic rings. The highest BCUT2D eigenvalue weighted by atomic mass is 35.5. The SMILES string of the molecule is CC(C)NC(=O)C1CCC2C(=O)N(Cc3ccc(Cl)cc3)C(=S)NC2C1. The topological polar surface area (TPSA) is 61.4 Å². The summed E-state index contributed by atoms with van der Waals surface area (Å²) in [5.74, 6) is -0.0692. The number of carbonyl (C=O) groups is 2. The van der Waals surface area contributed by atoms with Gasteiger partial charge in [0.05, 0.1) is 12.5 Å². The molecule has 1 aliphatic carbocycles. The van der Waals surface area contributed by atoms with Crippen LogP contribution in [0.15, 0.2) is 24.3 Å². The van der Waals surface area contributed by atoms with Crippen molar-refractivity contribution in [3.8, 4) is 0 Å². The van der Waals surface area contributed by atoms with Crippen molar-refractivity contribution in [2.45, 2.75) is 51.7 Å². The molecular formula is C19H24ClN3O2S. The fourth-order valence-corrected chi connectivity index (χ4v) is 4.16. The van der Waals surface area contributed by atoms with Crippen LogP contribution in [0.5, 0.6) is 0 Å². The molecule has 1 saturated heterocycles. The molecule has 26 heavy (non-hydrogen) atoms. The summed E-state index contributed by atoms with van der Waals surface area (Å²) >= 11 is 11.4. The van der Waals surface area contributed by atoms with E-state index in [4.69, 9.17) is 23.8 Å². The van der Waals surface area contributed by atoms with Crippen LogP contribution in [0, 0.1) is 11.8 Å². The fourth-order valence-electron chi connectivity index (χ4n) is 3.73. The van der Waals surface area contributed by atoms with Crippen LogP contribution in [0.3, 0.4) is 0 Å². The van der Waals surface area contributed by atoms with Gasteiger partial charge in [-0.25, -0.2) is 0 Å². The number of fused-ring (bicyclic) bond motifs is 1. The first-order valence-electron chi connectivity index (χ1n) is 9.02. The maximum Gasteiger partial charge on any atom is 0.234 e. The molecular weight excluding hydrogens is 370 g/mol. The van der Waals surface area contributed by atoms with Crippen LogP contribution < -0.4 is 10.6 Å². The fraction of sp³-hybridized carbons (Fsp3) is 0.526. The highest BCUT2D eigenvalue weighted by molar-refractivity contribution is 7.80. The summed E-state index contributed by atoms with van der Waals surface area (Å²) < 4.78 is 0. The minimum atomic E-state index is -0.128. The van der Waals surface area contributed by atoms with Crippen LogP contribution in [-0.2, 0) is 16.1 Å². The Bertz CT molecular complexity index is 707. The number of hydrogen-bond acceptors (Lipinski definition) is 3. The number of amides is 2. The first-order chi connectivity index (χ1) is 12.3. The van der Waals surface area contributed by atoms with E-state index >= 15 is 0 Å². The summed E-state index contributed by atoms with van der Waals surface area (Å²) in [6, 6.07) is 7.48. The lowest BCUT2D eigenvalue weighted by atomic mass is 9.76. The van der Waals surface area contributed by atoms with E-state index in [2.05, 4.69) is 10.6 Å². The Kier molecular flexibility index (Phi) is 5.82. The summed E-state index contributed by atoms with van der Waals surface area (Å²) in [5.41, 5.74) is 0.982. The van der Waals surface area contributed by atoms with Gasteiger partial charge in [-0.3, -0.25) is 14.5 Å². The van der Waals surface area contributed by atoms with E-state index in [1.54, 1.807) is 4.90 Å². The van der Waals surface area contributed by atoms with Gasteiger partial charge in [0.25, 0.3) is 0 Å². The van der Waals surface area contributed by atoms with Crippen LogP contribution in [0.4, 0.5) is 0 Å². The summed E-state index contributed by atoms with van der Waals surface area (Å²) in [6.45, 7) is 4.34. The zero-order valence-corrected chi connectivity index (χ0v) is 16.6. The first-order valence-corrected chi connectivity index (χ1v) is 9.80. The third kappa shape index (κ3) is 4.18. The van der Waals surface area contributed by atoms with Crippen molar-refractivity contribution in [1.29, 1.82) is 0 Å². The number of nitrogens with one attached hydrogen (secondary N) is 2. The molecule has 0 bridgehead atoms. The van der Waals surface area contributed by atoms with Crippen LogP contribution >= 0.6 is 23.8 Å². The standard InChI is InChI=1S/C19H24ClN3O2S/c1-11(2)21-17(24)13-5-8-15-16(9-13)22-19(26)23(18(15)25)10-12-3-6-14(20)7-4-12/h3-4,6-7,11,13,15-16H,5,8-10H2,1-2H3,(H,21,24)(H,22,26). The number of hydrogen-bond donors (Lipinski definition) is 2. The lowest BCUT2D eigenvalue weighted by molar-refractivity contribution is -0.138. The van der Waals surface area contributed by atoms with Gasteiger partial charge in [0.2, 0.25) is 11.8 Å². The Labute approximate surface area is 164 Å². The quantitative estimate of drug-likeness (QED) is 0.772. The summed E-state index contributed by atoms with van der Waals surface area (Å²) in [6.07, 6.45) is 2.07. The van der Waals surface area contributed by atoms with Crippen molar-refractivity contribution in [3.05, 3.63) is 34.9 Å². The van der Waals surface area contributed by atoms with Gasteiger partial charge in [0.1, 0.15) is 0 Å². The van der Waals surface area contributed by atoms with E-state index in [-0.39, 0.29) is 35.7 Å². The highest BCUT2D eigenvalue weighted by Crippen LogP contribution is 2.33. The third-order valence-electron chi connectivity index (χ3n) is 5.04.